The van der Waals surface area contributed by atoms with Gasteiger partial charge in [-0.15, -0.1) is 0 Å². The Bertz CT molecular complexity index is 960. The van der Waals surface area contributed by atoms with Crippen LogP contribution in [0.25, 0.3) is 22.5 Å². The molecule has 0 radical (unpaired) electrons. The Kier molecular flexibility index (Phi) is 5.30. The van der Waals surface area contributed by atoms with Gasteiger partial charge < -0.3 is 9.88 Å². The lowest BCUT2D eigenvalue weighted by atomic mass is 10.0. The van der Waals surface area contributed by atoms with E-state index in [-0.39, 0.29) is 0 Å². The summed E-state index contributed by atoms with van der Waals surface area (Å²) < 4.78 is 2.27. The molecule has 1 aromatic heterocycles. The first-order valence-electron chi connectivity index (χ1n) is 9.37. The highest BCUT2D eigenvalue weighted by Gasteiger charge is 2.14. The summed E-state index contributed by atoms with van der Waals surface area (Å²) in [6, 6.07) is 31.3. The minimum atomic E-state index is 0.921. The van der Waals surface area contributed by atoms with Crippen molar-refractivity contribution in [1.29, 1.82) is 0 Å². The van der Waals surface area contributed by atoms with Gasteiger partial charge in [-0.05, 0) is 18.6 Å². The number of rotatable bonds is 7. The van der Waals surface area contributed by atoms with E-state index in [4.69, 9.17) is 4.98 Å². The minimum Gasteiger partial charge on any atom is -0.385 e. The molecule has 0 bridgehead atoms. The molecule has 3 heteroatoms. The van der Waals surface area contributed by atoms with E-state index in [1.165, 1.54) is 11.3 Å². The average molecular weight is 353 g/mol. The summed E-state index contributed by atoms with van der Waals surface area (Å²) in [5.74, 6) is 0. The Hall–Kier alpha value is -3.33. The van der Waals surface area contributed by atoms with Crippen LogP contribution in [0.4, 0.5) is 5.69 Å². The number of nitrogens with one attached hydrogen (secondary N) is 1. The van der Waals surface area contributed by atoms with Crippen LogP contribution in [0, 0.1) is 0 Å². The van der Waals surface area contributed by atoms with Gasteiger partial charge >= 0.3 is 0 Å². The van der Waals surface area contributed by atoms with Crippen molar-refractivity contribution >= 4 is 5.69 Å². The molecule has 134 valence electrons. The van der Waals surface area contributed by atoms with Crippen molar-refractivity contribution in [3.05, 3.63) is 97.3 Å². The molecule has 1 N–H and O–H groups in total. The SMILES string of the molecule is c1ccc(NCCCn2cnc(-c3ccccc3)c2-c2ccccc2)cc1. The highest BCUT2D eigenvalue weighted by molar-refractivity contribution is 5.78. The van der Waals surface area contributed by atoms with E-state index in [2.05, 4.69) is 88.7 Å². The second-order valence-electron chi connectivity index (χ2n) is 6.51. The minimum absolute atomic E-state index is 0.921. The molecule has 0 aliphatic carbocycles. The highest BCUT2D eigenvalue weighted by Crippen LogP contribution is 2.31. The molecule has 0 fully saturated rings. The number of aryl methyl sites for hydroxylation is 1. The topological polar surface area (TPSA) is 29.9 Å². The number of benzene rings is 3. The first-order valence-corrected chi connectivity index (χ1v) is 9.37. The Balaban J connectivity index is 1.55. The van der Waals surface area contributed by atoms with Crippen LogP contribution in [0.1, 0.15) is 6.42 Å². The van der Waals surface area contributed by atoms with E-state index in [9.17, 15) is 0 Å². The van der Waals surface area contributed by atoms with Crippen molar-refractivity contribution in [2.24, 2.45) is 0 Å². The molecule has 1 heterocycles. The van der Waals surface area contributed by atoms with E-state index < -0.39 is 0 Å². The van der Waals surface area contributed by atoms with Gasteiger partial charge in [-0.25, -0.2) is 4.98 Å². The lowest BCUT2D eigenvalue weighted by Crippen LogP contribution is -2.07. The molecule has 0 unspecified atom stereocenters. The number of anilines is 1. The summed E-state index contributed by atoms with van der Waals surface area (Å²) in [6.07, 6.45) is 2.99. The van der Waals surface area contributed by atoms with E-state index in [1.807, 2.05) is 18.5 Å². The standard InChI is InChI=1S/C24H23N3/c1-4-11-20(12-5-1)23-24(21-13-6-2-7-14-21)27(19-26-23)18-10-17-25-22-15-8-3-9-16-22/h1-9,11-16,19,25H,10,17-18H2. The van der Waals surface area contributed by atoms with Crippen LogP contribution in [0.15, 0.2) is 97.3 Å². The van der Waals surface area contributed by atoms with Gasteiger partial charge in [-0.2, -0.15) is 0 Å². The molecule has 0 saturated heterocycles. The maximum absolute atomic E-state index is 4.74. The van der Waals surface area contributed by atoms with Gasteiger partial charge in [0.05, 0.1) is 17.7 Å². The smallest absolute Gasteiger partial charge is 0.0963 e. The summed E-state index contributed by atoms with van der Waals surface area (Å²) in [4.78, 5) is 4.74. The first kappa shape index (κ1) is 17.1. The summed E-state index contributed by atoms with van der Waals surface area (Å²) in [5, 5.41) is 3.48. The van der Waals surface area contributed by atoms with Crippen LogP contribution in [0.2, 0.25) is 0 Å². The second-order valence-corrected chi connectivity index (χ2v) is 6.51. The van der Waals surface area contributed by atoms with E-state index in [1.54, 1.807) is 0 Å². The zero-order valence-electron chi connectivity index (χ0n) is 15.3. The van der Waals surface area contributed by atoms with Gasteiger partial charge in [0.2, 0.25) is 0 Å². The Morgan fingerprint density at radius 3 is 1.96 bits per heavy atom. The molecule has 0 spiro atoms. The molecule has 0 aliphatic rings. The molecule has 3 aromatic carbocycles. The largest absolute Gasteiger partial charge is 0.385 e. The maximum atomic E-state index is 4.74. The molecule has 0 saturated carbocycles. The summed E-state index contributed by atoms with van der Waals surface area (Å²) in [6.45, 7) is 1.85. The van der Waals surface area contributed by atoms with E-state index in [0.717, 1.165) is 36.5 Å². The van der Waals surface area contributed by atoms with Crippen LogP contribution in [0.5, 0.6) is 0 Å². The van der Waals surface area contributed by atoms with E-state index >= 15 is 0 Å². The fourth-order valence-electron chi connectivity index (χ4n) is 3.30. The quantitative estimate of drug-likeness (QED) is 0.431. The van der Waals surface area contributed by atoms with Crippen molar-refractivity contribution in [1.82, 2.24) is 9.55 Å². The zero-order chi connectivity index (χ0) is 18.3. The van der Waals surface area contributed by atoms with Crippen LogP contribution in [-0.4, -0.2) is 16.1 Å². The maximum Gasteiger partial charge on any atom is 0.0963 e. The van der Waals surface area contributed by atoms with Crippen LogP contribution >= 0.6 is 0 Å². The van der Waals surface area contributed by atoms with Gasteiger partial charge in [0.15, 0.2) is 0 Å². The van der Waals surface area contributed by atoms with Crippen molar-refractivity contribution in [2.45, 2.75) is 13.0 Å². The molecule has 27 heavy (non-hydrogen) atoms. The molecule has 0 amide bonds. The predicted molar refractivity (Wildman–Crippen MR) is 113 cm³/mol. The molecular weight excluding hydrogens is 330 g/mol. The molecule has 0 aliphatic heterocycles. The second kappa shape index (κ2) is 8.37. The number of hydrogen-bond acceptors (Lipinski definition) is 2. The summed E-state index contributed by atoms with van der Waals surface area (Å²) in [7, 11) is 0. The normalized spacial score (nSPS) is 10.7. The fraction of sp³-hybridized carbons (Fsp3) is 0.125. The third-order valence-electron chi connectivity index (χ3n) is 4.61. The molecule has 4 rings (SSSR count). The van der Waals surface area contributed by atoms with Crippen LogP contribution in [-0.2, 0) is 6.54 Å². The number of para-hydroxylation sites is 1. The van der Waals surface area contributed by atoms with Crippen LogP contribution < -0.4 is 5.32 Å². The lowest BCUT2D eigenvalue weighted by Gasteiger charge is -2.12. The van der Waals surface area contributed by atoms with Crippen molar-refractivity contribution < 1.29 is 0 Å². The van der Waals surface area contributed by atoms with Gasteiger partial charge in [-0.3, -0.25) is 0 Å². The number of imidazole rings is 1. The van der Waals surface area contributed by atoms with E-state index in [0.29, 0.717) is 0 Å². The van der Waals surface area contributed by atoms with Gasteiger partial charge in [0.1, 0.15) is 0 Å². The number of aromatic nitrogens is 2. The molecule has 3 nitrogen and oxygen atoms in total. The Morgan fingerprint density at radius 1 is 0.704 bits per heavy atom. The average Bonchev–Trinajstić information content (AvgIpc) is 3.17. The number of hydrogen-bond donors (Lipinski definition) is 1. The molecular formula is C24H23N3. The zero-order valence-corrected chi connectivity index (χ0v) is 15.3. The third kappa shape index (κ3) is 4.09. The van der Waals surface area contributed by atoms with Crippen molar-refractivity contribution in [3.8, 4) is 22.5 Å². The highest BCUT2D eigenvalue weighted by atomic mass is 15.1. The summed E-state index contributed by atoms with van der Waals surface area (Å²) >= 11 is 0. The summed E-state index contributed by atoms with van der Waals surface area (Å²) in [5.41, 5.74) is 5.73. The lowest BCUT2D eigenvalue weighted by molar-refractivity contribution is 0.666. The van der Waals surface area contributed by atoms with Gasteiger partial charge in [0.25, 0.3) is 0 Å². The molecule has 4 aromatic rings. The predicted octanol–water partition coefficient (Wildman–Crippen LogP) is 5.72. The Morgan fingerprint density at radius 2 is 1.30 bits per heavy atom. The van der Waals surface area contributed by atoms with Crippen molar-refractivity contribution in [2.75, 3.05) is 11.9 Å². The third-order valence-corrected chi connectivity index (χ3v) is 4.61. The number of nitrogens with zero attached hydrogens (tertiary/aromatic N) is 2. The Labute approximate surface area is 160 Å². The first-order chi connectivity index (χ1) is 13.4. The van der Waals surface area contributed by atoms with Crippen LogP contribution in [0.3, 0.4) is 0 Å². The molecule has 0 atom stereocenters. The van der Waals surface area contributed by atoms with Gasteiger partial charge in [-0.1, -0.05) is 78.9 Å². The fourth-order valence-corrected chi connectivity index (χ4v) is 3.30. The van der Waals surface area contributed by atoms with Gasteiger partial charge in [0, 0.05) is 29.9 Å². The van der Waals surface area contributed by atoms with Crippen molar-refractivity contribution in [3.63, 3.8) is 0 Å². The monoisotopic (exact) mass is 353 g/mol.